The molecule has 1 unspecified atom stereocenters. The van der Waals surface area contributed by atoms with E-state index in [-0.39, 0.29) is 17.7 Å². The molecule has 1 fully saturated rings. The molecule has 1 aliphatic rings. The van der Waals surface area contributed by atoms with Crippen molar-refractivity contribution in [1.29, 1.82) is 0 Å². The van der Waals surface area contributed by atoms with Crippen molar-refractivity contribution in [3.63, 3.8) is 0 Å². The molecule has 3 rings (SSSR count). The summed E-state index contributed by atoms with van der Waals surface area (Å²) in [7, 11) is 0. The van der Waals surface area contributed by atoms with Gasteiger partial charge in [-0.25, -0.2) is 4.98 Å². The minimum Gasteiger partial charge on any atom is -0.356 e. The van der Waals surface area contributed by atoms with E-state index in [9.17, 15) is 9.59 Å². The van der Waals surface area contributed by atoms with E-state index in [0.717, 1.165) is 55.2 Å². The summed E-state index contributed by atoms with van der Waals surface area (Å²) in [6.07, 6.45) is 6.09. The Balaban J connectivity index is 1.56. The van der Waals surface area contributed by atoms with Crippen LogP contribution in [0.5, 0.6) is 0 Å². The number of carbonyl (C=O) groups excluding carboxylic acids is 2. The Morgan fingerprint density at radius 3 is 2.84 bits per heavy atom. The molecule has 0 bridgehead atoms. The zero-order valence-electron chi connectivity index (χ0n) is 18.8. The molecule has 2 amide bonds. The monoisotopic (exact) mass is 443 g/mol. The first-order chi connectivity index (χ1) is 15.0. The van der Waals surface area contributed by atoms with Gasteiger partial charge >= 0.3 is 0 Å². The minimum atomic E-state index is -0.142. The lowest BCUT2D eigenvalue weighted by Gasteiger charge is -2.32. The molecule has 2 aromatic heterocycles. The summed E-state index contributed by atoms with van der Waals surface area (Å²) < 4.78 is 0. The first-order valence-corrected chi connectivity index (χ1v) is 12.0. The third-order valence-corrected chi connectivity index (χ3v) is 7.02. The predicted octanol–water partition coefficient (Wildman–Crippen LogP) is 3.21. The van der Waals surface area contributed by atoms with Crippen molar-refractivity contribution >= 4 is 23.2 Å². The van der Waals surface area contributed by atoms with Gasteiger partial charge in [-0.1, -0.05) is 13.8 Å². The Morgan fingerprint density at radius 1 is 1.32 bits per heavy atom. The lowest BCUT2D eigenvalue weighted by molar-refractivity contribution is -0.126. The van der Waals surface area contributed by atoms with Crippen molar-refractivity contribution < 1.29 is 9.59 Å². The van der Waals surface area contributed by atoms with E-state index in [1.807, 2.05) is 24.0 Å². The normalized spacial score (nSPS) is 16.5. The number of piperidine rings is 1. The van der Waals surface area contributed by atoms with Crippen LogP contribution in [0.4, 0.5) is 0 Å². The van der Waals surface area contributed by atoms with E-state index in [1.54, 1.807) is 12.4 Å². The first-order valence-electron chi connectivity index (χ1n) is 11.2. The van der Waals surface area contributed by atoms with Gasteiger partial charge in [0.1, 0.15) is 9.88 Å². The zero-order chi connectivity index (χ0) is 22.2. The van der Waals surface area contributed by atoms with Gasteiger partial charge in [0.2, 0.25) is 5.91 Å². The van der Waals surface area contributed by atoms with Crippen molar-refractivity contribution in [2.24, 2.45) is 5.92 Å². The fourth-order valence-corrected chi connectivity index (χ4v) is 4.95. The first kappa shape index (κ1) is 23.3. The van der Waals surface area contributed by atoms with Gasteiger partial charge in [-0.2, -0.15) is 0 Å². The van der Waals surface area contributed by atoms with Crippen LogP contribution >= 0.6 is 11.3 Å². The molecule has 1 saturated heterocycles. The third-order valence-electron chi connectivity index (χ3n) is 5.82. The number of pyridine rings is 1. The topological polar surface area (TPSA) is 78.4 Å². The van der Waals surface area contributed by atoms with E-state index in [1.165, 1.54) is 11.3 Å². The van der Waals surface area contributed by atoms with Crippen molar-refractivity contribution in [2.45, 2.75) is 40.0 Å². The van der Waals surface area contributed by atoms with Crippen molar-refractivity contribution in [2.75, 3.05) is 39.3 Å². The van der Waals surface area contributed by atoms with Crippen LogP contribution in [0.1, 0.15) is 48.5 Å². The molecule has 31 heavy (non-hydrogen) atoms. The van der Waals surface area contributed by atoms with Gasteiger partial charge < -0.3 is 15.1 Å². The van der Waals surface area contributed by atoms with Crippen LogP contribution in [0.15, 0.2) is 24.5 Å². The second kappa shape index (κ2) is 11.3. The number of thiazole rings is 1. The van der Waals surface area contributed by atoms with Gasteiger partial charge in [0, 0.05) is 37.6 Å². The smallest absolute Gasteiger partial charge is 0.265 e. The maximum absolute atomic E-state index is 13.2. The van der Waals surface area contributed by atoms with Crippen molar-refractivity contribution in [3.8, 4) is 10.6 Å². The number of aryl methyl sites for hydroxylation is 1. The second-order valence-electron chi connectivity index (χ2n) is 7.94. The molecule has 0 radical (unpaired) electrons. The fourth-order valence-electron chi connectivity index (χ4n) is 3.93. The summed E-state index contributed by atoms with van der Waals surface area (Å²) in [4.78, 5) is 39.4. The van der Waals surface area contributed by atoms with Gasteiger partial charge in [0.25, 0.3) is 5.91 Å². The van der Waals surface area contributed by atoms with E-state index < -0.39 is 0 Å². The Kier molecular flexibility index (Phi) is 8.54. The third kappa shape index (κ3) is 6.11. The maximum atomic E-state index is 13.2. The molecule has 0 saturated carbocycles. The van der Waals surface area contributed by atoms with Gasteiger partial charge in [-0.15, -0.1) is 11.3 Å². The molecular formula is C23H33N5O2S. The van der Waals surface area contributed by atoms with Crippen LogP contribution in [0.3, 0.4) is 0 Å². The van der Waals surface area contributed by atoms with Crippen LogP contribution in [-0.4, -0.2) is 70.9 Å². The fraction of sp³-hybridized carbons (Fsp3) is 0.565. The molecule has 1 aliphatic heterocycles. The SMILES string of the molecule is CCN(CC)CCCNC(=O)C1CCCN(C(=O)c2sc(-c3cccnc3)nc2C)C1. The highest BCUT2D eigenvalue weighted by molar-refractivity contribution is 7.17. The summed E-state index contributed by atoms with van der Waals surface area (Å²) in [5, 5.41) is 3.87. The number of nitrogens with one attached hydrogen (secondary N) is 1. The number of rotatable bonds is 9. The summed E-state index contributed by atoms with van der Waals surface area (Å²) >= 11 is 1.40. The molecule has 1 atom stereocenters. The van der Waals surface area contributed by atoms with Crippen LogP contribution in [0, 0.1) is 12.8 Å². The van der Waals surface area contributed by atoms with Gasteiger partial charge in [0.05, 0.1) is 11.6 Å². The number of hydrogen-bond acceptors (Lipinski definition) is 6. The van der Waals surface area contributed by atoms with Crippen molar-refractivity contribution in [1.82, 2.24) is 25.1 Å². The summed E-state index contributed by atoms with van der Waals surface area (Å²) in [6, 6.07) is 3.81. The second-order valence-corrected chi connectivity index (χ2v) is 8.94. The number of nitrogens with zero attached hydrogens (tertiary/aromatic N) is 4. The molecule has 0 aromatic carbocycles. The summed E-state index contributed by atoms with van der Waals surface area (Å²) in [5.41, 5.74) is 1.65. The van der Waals surface area contributed by atoms with Gasteiger partial charge in [-0.05, 0) is 58.0 Å². The zero-order valence-corrected chi connectivity index (χ0v) is 19.6. The number of carbonyl (C=O) groups is 2. The highest BCUT2D eigenvalue weighted by atomic mass is 32.1. The molecular weight excluding hydrogens is 410 g/mol. The molecule has 2 aromatic rings. The Labute approximate surface area is 188 Å². The lowest BCUT2D eigenvalue weighted by atomic mass is 9.97. The number of aromatic nitrogens is 2. The lowest BCUT2D eigenvalue weighted by Crippen LogP contribution is -2.45. The number of hydrogen-bond donors (Lipinski definition) is 1. The van der Waals surface area contributed by atoms with E-state index in [2.05, 4.69) is 34.0 Å². The highest BCUT2D eigenvalue weighted by Crippen LogP contribution is 2.29. The quantitative estimate of drug-likeness (QED) is 0.602. The van der Waals surface area contributed by atoms with E-state index in [4.69, 9.17) is 0 Å². The number of amides is 2. The highest BCUT2D eigenvalue weighted by Gasteiger charge is 2.30. The summed E-state index contributed by atoms with van der Waals surface area (Å²) in [6.45, 7) is 11.1. The Hall–Kier alpha value is -2.32. The van der Waals surface area contributed by atoms with Crippen molar-refractivity contribution in [3.05, 3.63) is 35.1 Å². The largest absolute Gasteiger partial charge is 0.356 e. The predicted molar refractivity (Wildman–Crippen MR) is 124 cm³/mol. The summed E-state index contributed by atoms with van der Waals surface area (Å²) in [5.74, 6) is -0.101. The Bertz CT molecular complexity index is 866. The maximum Gasteiger partial charge on any atom is 0.265 e. The standard InChI is InChI=1S/C23H33N5O2S/c1-4-27(5-2)13-8-12-25-21(29)19-10-7-14-28(16-19)23(30)20-17(3)26-22(31-20)18-9-6-11-24-15-18/h6,9,11,15,19H,4-5,7-8,10,12-14,16H2,1-3H3,(H,25,29). The Morgan fingerprint density at radius 2 is 2.13 bits per heavy atom. The average Bonchev–Trinajstić information content (AvgIpc) is 3.20. The van der Waals surface area contributed by atoms with E-state index in [0.29, 0.717) is 24.5 Å². The molecule has 0 aliphatic carbocycles. The van der Waals surface area contributed by atoms with Crippen LogP contribution in [-0.2, 0) is 4.79 Å². The molecule has 0 spiro atoms. The molecule has 168 valence electrons. The number of likely N-dealkylation sites (tertiary alicyclic amines) is 1. The average molecular weight is 444 g/mol. The molecule has 1 N–H and O–H groups in total. The molecule has 8 heteroatoms. The van der Waals surface area contributed by atoms with Crippen LogP contribution in [0.2, 0.25) is 0 Å². The van der Waals surface area contributed by atoms with Crippen LogP contribution < -0.4 is 5.32 Å². The van der Waals surface area contributed by atoms with Gasteiger partial charge in [-0.3, -0.25) is 14.6 Å². The van der Waals surface area contributed by atoms with Crippen LogP contribution in [0.25, 0.3) is 10.6 Å². The molecule has 7 nitrogen and oxygen atoms in total. The van der Waals surface area contributed by atoms with E-state index >= 15 is 0 Å². The minimum absolute atomic E-state index is 0.0239. The van der Waals surface area contributed by atoms with Gasteiger partial charge in [0.15, 0.2) is 0 Å². The molecule has 3 heterocycles.